The van der Waals surface area contributed by atoms with E-state index in [2.05, 4.69) is 51.6 Å². The number of nitrogens with two attached hydrogens (primary N) is 1. The van der Waals surface area contributed by atoms with E-state index >= 15 is 0 Å². The molecule has 0 fully saturated rings. The van der Waals surface area contributed by atoms with Crippen LogP contribution in [-0.4, -0.2) is 0 Å². The standard InChI is InChI=1S/C11H10INS/c12-10-4-2-1-3-9(10)11(13)8-5-6-14-7-8/h1-7,11H,13H2. The van der Waals surface area contributed by atoms with Gasteiger partial charge in [0.25, 0.3) is 0 Å². The molecule has 2 N–H and O–H groups in total. The third-order valence-electron chi connectivity index (χ3n) is 2.14. The van der Waals surface area contributed by atoms with Gasteiger partial charge >= 0.3 is 0 Å². The Balaban J connectivity index is 2.37. The fourth-order valence-electron chi connectivity index (χ4n) is 1.36. The van der Waals surface area contributed by atoms with Crippen LogP contribution in [0.5, 0.6) is 0 Å². The first kappa shape index (κ1) is 10.1. The maximum Gasteiger partial charge on any atom is 0.0570 e. The van der Waals surface area contributed by atoms with E-state index in [0.29, 0.717) is 0 Å². The van der Waals surface area contributed by atoms with Crippen LogP contribution in [-0.2, 0) is 0 Å². The average Bonchev–Trinajstić information content (AvgIpc) is 2.70. The van der Waals surface area contributed by atoms with Gasteiger partial charge in [-0.3, -0.25) is 0 Å². The third kappa shape index (κ3) is 1.99. The van der Waals surface area contributed by atoms with Crippen LogP contribution in [0.1, 0.15) is 17.2 Å². The molecule has 0 radical (unpaired) electrons. The highest BCUT2D eigenvalue weighted by molar-refractivity contribution is 14.1. The Morgan fingerprint density at radius 1 is 1.21 bits per heavy atom. The Labute approximate surface area is 101 Å². The topological polar surface area (TPSA) is 26.0 Å². The van der Waals surface area contributed by atoms with Crippen LogP contribution < -0.4 is 5.73 Å². The molecule has 2 aromatic rings. The van der Waals surface area contributed by atoms with Crippen molar-refractivity contribution in [1.82, 2.24) is 0 Å². The number of benzene rings is 1. The summed E-state index contributed by atoms with van der Waals surface area (Å²) in [7, 11) is 0. The molecule has 2 rings (SSSR count). The molecule has 0 aliphatic carbocycles. The summed E-state index contributed by atoms with van der Waals surface area (Å²) in [5.41, 5.74) is 8.56. The van der Waals surface area contributed by atoms with Crippen molar-refractivity contribution in [2.24, 2.45) is 5.73 Å². The van der Waals surface area contributed by atoms with E-state index in [1.807, 2.05) is 12.1 Å². The lowest BCUT2D eigenvalue weighted by Gasteiger charge is -2.11. The maximum absolute atomic E-state index is 6.16. The van der Waals surface area contributed by atoms with Crippen molar-refractivity contribution in [3.8, 4) is 0 Å². The minimum atomic E-state index is 0.00866. The normalized spacial score (nSPS) is 12.7. The number of thiophene rings is 1. The van der Waals surface area contributed by atoms with Gasteiger partial charge in [0, 0.05) is 3.57 Å². The van der Waals surface area contributed by atoms with Crippen molar-refractivity contribution in [1.29, 1.82) is 0 Å². The van der Waals surface area contributed by atoms with E-state index in [-0.39, 0.29) is 6.04 Å². The van der Waals surface area contributed by atoms with Crippen LogP contribution in [0.3, 0.4) is 0 Å². The summed E-state index contributed by atoms with van der Waals surface area (Å²) in [4.78, 5) is 0. The van der Waals surface area contributed by atoms with Gasteiger partial charge in [-0.05, 0) is 56.6 Å². The van der Waals surface area contributed by atoms with Crippen LogP contribution in [0.25, 0.3) is 0 Å². The van der Waals surface area contributed by atoms with E-state index in [4.69, 9.17) is 5.73 Å². The van der Waals surface area contributed by atoms with E-state index in [9.17, 15) is 0 Å². The van der Waals surface area contributed by atoms with Crippen LogP contribution in [0.15, 0.2) is 41.1 Å². The third-order valence-corrected chi connectivity index (χ3v) is 3.83. The molecule has 0 saturated heterocycles. The van der Waals surface area contributed by atoms with Gasteiger partial charge in [0.1, 0.15) is 0 Å². The molecule has 0 aliphatic heterocycles. The SMILES string of the molecule is NC(c1ccsc1)c1ccccc1I. The molecule has 3 heteroatoms. The Morgan fingerprint density at radius 2 is 2.00 bits per heavy atom. The molecule has 72 valence electrons. The summed E-state index contributed by atoms with van der Waals surface area (Å²) >= 11 is 4.01. The molecule has 0 amide bonds. The van der Waals surface area contributed by atoms with Crippen molar-refractivity contribution >= 4 is 33.9 Å². The van der Waals surface area contributed by atoms with E-state index in [0.717, 1.165) is 0 Å². The summed E-state index contributed by atoms with van der Waals surface area (Å²) in [6.07, 6.45) is 0. The van der Waals surface area contributed by atoms with Gasteiger partial charge in [0.05, 0.1) is 6.04 Å². The van der Waals surface area contributed by atoms with Crippen molar-refractivity contribution < 1.29 is 0 Å². The molecule has 1 heterocycles. The molecular weight excluding hydrogens is 305 g/mol. The lowest BCUT2D eigenvalue weighted by atomic mass is 10.0. The molecule has 1 nitrogen and oxygen atoms in total. The molecule has 0 aliphatic rings. The minimum absolute atomic E-state index is 0.00866. The van der Waals surface area contributed by atoms with E-state index in [1.165, 1.54) is 14.7 Å². The highest BCUT2D eigenvalue weighted by atomic mass is 127. The zero-order chi connectivity index (χ0) is 9.97. The second-order valence-corrected chi connectivity index (χ2v) is 5.00. The van der Waals surface area contributed by atoms with Crippen LogP contribution in [0, 0.1) is 3.57 Å². The van der Waals surface area contributed by atoms with Gasteiger partial charge in [0.2, 0.25) is 0 Å². The monoisotopic (exact) mass is 315 g/mol. The van der Waals surface area contributed by atoms with Crippen molar-refractivity contribution in [3.05, 3.63) is 55.8 Å². The van der Waals surface area contributed by atoms with Crippen molar-refractivity contribution in [3.63, 3.8) is 0 Å². The Kier molecular flexibility index (Phi) is 3.20. The number of rotatable bonds is 2. The van der Waals surface area contributed by atoms with E-state index in [1.54, 1.807) is 11.3 Å². The molecular formula is C11H10INS. The van der Waals surface area contributed by atoms with Gasteiger partial charge in [0.15, 0.2) is 0 Å². The van der Waals surface area contributed by atoms with Gasteiger partial charge < -0.3 is 5.73 Å². The highest BCUT2D eigenvalue weighted by Crippen LogP contribution is 2.25. The quantitative estimate of drug-likeness (QED) is 0.845. The zero-order valence-corrected chi connectivity index (χ0v) is 10.5. The summed E-state index contributed by atoms with van der Waals surface area (Å²) in [6.45, 7) is 0. The largest absolute Gasteiger partial charge is 0.320 e. The van der Waals surface area contributed by atoms with Gasteiger partial charge in [-0.15, -0.1) is 0 Å². The molecule has 1 aromatic heterocycles. The van der Waals surface area contributed by atoms with Crippen LogP contribution >= 0.6 is 33.9 Å². The highest BCUT2D eigenvalue weighted by Gasteiger charge is 2.11. The molecule has 0 spiro atoms. The minimum Gasteiger partial charge on any atom is -0.320 e. The molecule has 1 aromatic carbocycles. The maximum atomic E-state index is 6.16. The van der Waals surface area contributed by atoms with Gasteiger partial charge in [-0.2, -0.15) is 11.3 Å². The Bertz CT molecular complexity index is 411. The van der Waals surface area contributed by atoms with Crippen LogP contribution in [0.2, 0.25) is 0 Å². The van der Waals surface area contributed by atoms with Crippen LogP contribution in [0.4, 0.5) is 0 Å². The van der Waals surface area contributed by atoms with Gasteiger partial charge in [-0.25, -0.2) is 0 Å². The number of hydrogen-bond acceptors (Lipinski definition) is 2. The summed E-state index contributed by atoms with van der Waals surface area (Å²) in [5.74, 6) is 0. The predicted molar refractivity (Wildman–Crippen MR) is 69.5 cm³/mol. The second kappa shape index (κ2) is 4.42. The summed E-state index contributed by atoms with van der Waals surface area (Å²) in [6, 6.07) is 10.3. The lowest BCUT2D eigenvalue weighted by Crippen LogP contribution is -2.12. The first-order chi connectivity index (χ1) is 6.79. The molecule has 1 unspecified atom stereocenters. The smallest absolute Gasteiger partial charge is 0.0570 e. The average molecular weight is 315 g/mol. The number of hydrogen-bond donors (Lipinski definition) is 1. The summed E-state index contributed by atoms with van der Waals surface area (Å²) in [5, 5.41) is 4.17. The Hall–Kier alpha value is -0.390. The first-order valence-corrected chi connectivity index (χ1v) is 6.33. The first-order valence-electron chi connectivity index (χ1n) is 4.31. The molecule has 14 heavy (non-hydrogen) atoms. The fraction of sp³-hybridized carbons (Fsp3) is 0.0909. The molecule has 0 saturated carbocycles. The Morgan fingerprint density at radius 3 is 2.64 bits per heavy atom. The number of halogens is 1. The van der Waals surface area contributed by atoms with Gasteiger partial charge in [-0.1, -0.05) is 18.2 Å². The molecule has 0 bridgehead atoms. The fourth-order valence-corrected chi connectivity index (χ4v) is 2.78. The van der Waals surface area contributed by atoms with Crippen molar-refractivity contribution in [2.45, 2.75) is 6.04 Å². The summed E-state index contributed by atoms with van der Waals surface area (Å²) < 4.78 is 1.23. The second-order valence-electron chi connectivity index (χ2n) is 3.06. The zero-order valence-electron chi connectivity index (χ0n) is 7.48. The molecule has 1 atom stereocenters. The predicted octanol–water partition coefficient (Wildman–Crippen LogP) is 3.40. The van der Waals surface area contributed by atoms with E-state index < -0.39 is 0 Å². The lowest BCUT2D eigenvalue weighted by molar-refractivity contribution is 0.870. The van der Waals surface area contributed by atoms with Crippen molar-refractivity contribution in [2.75, 3.05) is 0 Å².